The number of benzene rings is 3. The van der Waals surface area contributed by atoms with Crippen LogP contribution in [0.4, 0.5) is 5.69 Å². The molecule has 0 aliphatic heterocycles. The predicted octanol–water partition coefficient (Wildman–Crippen LogP) is 5.35. The molecule has 3 aromatic carbocycles. The first-order valence-electron chi connectivity index (χ1n) is 12.7. The first kappa shape index (κ1) is 28.7. The molecular weight excluding hydrogens is 524 g/mol. The minimum absolute atomic E-state index is 0.0120. The zero-order valence-corrected chi connectivity index (χ0v) is 22.9. The molecule has 3 N–H and O–H groups in total. The van der Waals surface area contributed by atoms with Crippen molar-refractivity contribution in [3.05, 3.63) is 113 Å². The van der Waals surface area contributed by atoms with E-state index in [-0.39, 0.29) is 29.7 Å². The Bertz CT molecular complexity index is 1570. The summed E-state index contributed by atoms with van der Waals surface area (Å²) in [4.78, 5) is 37.8. The number of carboxylic acids is 1. The van der Waals surface area contributed by atoms with Crippen LogP contribution in [0.15, 0.2) is 95.9 Å². The number of nitrogens with zero attached hydrogens (tertiary/aromatic N) is 1. The summed E-state index contributed by atoms with van der Waals surface area (Å²) in [5, 5.41) is 9.36. The molecule has 0 spiro atoms. The number of carbonyl (C=O) groups is 3. The predicted molar refractivity (Wildman–Crippen MR) is 155 cm³/mol. The largest absolute Gasteiger partial charge is 0.501 e. The molecule has 0 radical (unpaired) electrons. The highest BCUT2D eigenvalue weighted by Gasteiger charge is 2.22. The fourth-order valence-corrected chi connectivity index (χ4v) is 4.29. The molecule has 0 atom stereocenters. The van der Waals surface area contributed by atoms with Crippen LogP contribution in [0.5, 0.6) is 11.5 Å². The molecule has 3 aromatic rings. The zero-order chi connectivity index (χ0) is 29.5. The Hall–Kier alpha value is -5.31. The number of amides is 1. The number of nitrogens with two attached hydrogens (primary N) is 1. The third kappa shape index (κ3) is 6.65. The van der Waals surface area contributed by atoms with Gasteiger partial charge in [-0.2, -0.15) is 0 Å². The van der Waals surface area contributed by atoms with Crippen LogP contribution in [0, 0.1) is 0 Å². The maximum absolute atomic E-state index is 13.4. The van der Waals surface area contributed by atoms with E-state index >= 15 is 0 Å². The van der Waals surface area contributed by atoms with Crippen molar-refractivity contribution < 1.29 is 33.7 Å². The van der Waals surface area contributed by atoms with Gasteiger partial charge in [-0.15, -0.1) is 0 Å². The molecular formula is C32H30N2O7. The van der Waals surface area contributed by atoms with Crippen LogP contribution in [0.1, 0.15) is 37.5 Å². The Balaban J connectivity index is 1.55. The van der Waals surface area contributed by atoms with Gasteiger partial charge in [-0.1, -0.05) is 30.3 Å². The fraction of sp³-hybridized carbons (Fsp3) is 0.156. The van der Waals surface area contributed by atoms with Crippen molar-refractivity contribution in [3.63, 3.8) is 0 Å². The normalized spacial score (nSPS) is 12.7. The Morgan fingerprint density at radius 2 is 1.71 bits per heavy atom. The van der Waals surface area contributed by atoms with Crippen LogP contribution >= 0.6 is 0 Å². The van der Waals surface area contributed by atoms with E-state index in [0.29, 0.717) is 29.2 Å². The Labute approximate surface area is 237 Å². The van der Waals surface area contributed by atoms with Gasteiger partial charge < -0.3 is 30.0 Å². The lowest BCUT2D eigenvalue weighted by molar-refractivity contribution is 0.0696. The van der Waals surface area contributed by atoms with Crippen LogP contribution in [-0.2, 0) is 4.74 Å². The average molecular weight is 555 g/mol. The molecule has 0 unspecified atom stereocenters. The van der Waals surface area contributed by atoms with Crippen LogP contribution < -0.4 is 15.2 Å². The molecule has 9 heteroatoms. The Morgan fingerprint density at radius 3 is 2.34 bits per heavy atom. The highest BCUT2D eigenvalue weighted by atomic mass is 16.5. The topological polar surface area (TPSA) is 128 Å². The van der Waals surface area contributed by atoms with Gasteiger partial charge in [0.25, 0.3) is 5.91 Å². The van der Waals surface area contributed by atoms with Gasteiger partial charge >= 0.3 is 5.97 Å². The Morgan fingerprint density at radius 1 is 0.976 bits per heavy atom. The van der Waals surface area contributed by atoms with E-state index < -0.39 is 11.9 Å². The number of ether oxygens (including phenoxy) is 3. The van der Waals surface area contributed by atoms with Crippen LogP contribution in [0.3, 0.4) is 0 Å². The summed E-state index contributed by atoms with van der Waals surface area (Å²) in [5.41, 5.74) is 9.98. The van der Waals surface area contributed by atoms with Gasteiger partial charge in [0.05, 0.1) is 31.0 Å². The van der Waals surface area contributed by atoms with E-state index in [9.17, 15) is 19.5 Å². The highest BCUT2D eigenvalue weighted by Crippen LogP contribution is 2.31. The van der Waals surface area contributed by atoms with E-state index in [4.69, 9.17) is 19.9 Å². The van der Waals surface area contributed by atoms with Gasteiger partial charge in [0.2, 0.25) is 0 Å². The number of carbonyl (C=O) groups excluding carboxylic acids is 2. The minimum Gasteiger partial charge on any atom is -0.501 e. The summed E-state index contributed by atoms with van der Waals surface area (Å²) in [5.74, 6) is 0.142. The second kappa shape index (κ2) is 12.7. The zero-order valence-electron chi connectivity index (χ0n) is 22.9. The van der Waals surface area contributed by atoms with E-state index in [2.05, 4.69) is 0 Å². The molecule has 41 heavy (non-hydrogen) atoms. The van der Waals surface area contributed by atoms with E-state index in [1.54, 1.807) is 32.4 Å². The minimum atomic E-state index is -1.20. The molecule has 0 saturated heterocycles. The molecule has 1 aliphatic rings. The van der Waals surface area contributed by atoms with E-state index in [1.807, 2.05) is 42.5 Å². The number of hydrogen-bond acceptors (Lipinski definition) is 7. The first-order valence-corrected chi connectivity index (χ1v) is 12.7. The lowest BCUT2D eigenvalue weighted by Crippen LogP contribution is -2.28. The van der Waals surface area contributed by atoms with E-state index in [0.717, 1.165) is 22.4 Å². The molecule has 0 heterocycles. The Kier molecular flexibility index (Phi) is 8.88. The average Bonchev–Trinajstić information content (AvgIpc) is 3.21. The van der Waals surface area contributed by atoms with Gasteiger partial charge in [0.1, 0.15) is 23.9 Å². The van der Waals surface area contributed by atoms with Crippen LogP contribution in [0.2, 0.25) is 0 Å². The molecule has 0 fully saturated rings. The summed E-state index contributed by atoms with van der Waals surface area (Å²) in [6.07, 6.45) is 6.22. The molecule has 1 amide bonds. The number of nitrogen functional groups attached to an aromatic ring is 1. The van der Waals surface area contributed by atoms with Crippen LogP contribution in [0.25, 0.3) is 11.1 Å². The number of rotatable bonds is 10. The van der Waals surface area contributed by atoms with Crippen molar-refractivity contribution in [2.75, 3.05) is 33.6 Å². The maximum Gasteiger partial charge on any atom is 0.335 e. The molecule has 1 aliphatic carbocycles. The van der Waals surface area contributed by atoms with Crippen LogP contribution in [-0.4, -0.2) is 56.0 Å². The second-order valence-corrected chi connectivity index (χ2v) is 9.25. The number of aldehydes is 1. The van der Waals surface area contributed by atoms with Crippen molar-refractivity contribution in [1.82, 2.24) is 4.90 Å². The standard InChI is InChI=1S/C32H30N2O7/c1-34(31(36)28-15-23(32(37)38)5-6-24(28)18-35)25-14-20(4-10-27(17-25)40-3)19-41-30-13-9-22(16-29(30)33)21-7-11-26(39-2)12-8-21/h4-16,18H,17,19,33H2,1-3H3,(H,37,38). The van der Waals surface area contributed by atoms with Gasteiger partial charge in [0, 0.05) is 24.7 Å². The molecule has 4 rings (SSSR count). The van der Waals surface area contributed by atoms with Crippen molar-refractivity contribution in [2.24, 2.45) is 0 Å². The smallest absolute Gasteiger partial charge is 0.335 e. The monoisotopic (exact) mass is 554 g/mol. The van der Waals surface area contributed by atoms with Crippen molar-refractivity contribution in [2.45, 2.75) is 6.42 Å². The maximum atomic E-state index is 13.4. The lowest BCUT2D eigenvalue weighted by atomic mass is 10.0. The number of allylic oxidation sites excluding steroid dienone is 2. The summed E-state index contributed by atoms with van der Waals surface area (Å²) < 4.78 is 16.7. The van der Waals surface area contributed by atoms with Crippen molar-refractivity contribution in [3.8, 4) is 22.6 Å². The van der Waals surface area contributed by atoms with Gasteiger partial charge in [0.15, 0.2) is 6.29 Å². The molecule has 210 valence electrons. The fourth-order valence-electron chi connectivity index (χ4n) is 4.29. The molecule has 9 nitrogen and oxygen atoms in total. The van der Waals surface area contributed by atoms with Gasteiger partial charge in [-0.05, 0) is 65.3 Å². The quantitative estimate of drug-likeness (QED) is 0.254. The van der Waals surface area contributed by atoms with Crippen molar-refractivity contribution >= 4 is 23.9 Å². The number of hydrogen-bond donors (Lipinski definition) is 2. The summed E-state index contributed by atoms with van der Waals surface area (Å²) in [6.45, 7) is 0.152. The molecule has 0 saturated carbocycles. The van der Waals surface area contributed by atoms with Gasteiger partial charge in [-0.3, -0.25) is 9.59 Å². The van der Waals surface area contributed by atoms with Gasteiger partial charge in [-0.25, -0.2) is 4.79 Å². The summed E-state index contributed by atoms with van der Waals surface area (Å²) in [7, 11) is 4.71. The second-order valence-electron chi connectivity index (χ2n) is 9.25. The lowest BCUT2D eigenvalue weighted by Gasteiger charge is -2.22. The van der Waals surface area contributed by atoms with Crippen molar-refractivity contribution in [1.29, 1.82) is 0 Å². The SMILES string of the molecule is COC1=CC=C(COc2ccc(-c3ccc(OC)cc3)cc2N)C=C(N(C)C(=O)c2cc(C(=O)O)ccc2C=O)C1. The summed E-state index contributed by atoms with van der Waals surface area (Å²) >= 11 is 0. The number of carboxylic acid groups (broad SMARTS) is 1. The number of methoxy groups -OCH3 is 2. The molecule has 0 aromatic heterocycles. The highest BCUT2D eigenvalue weighted by molar-refractivity contribution is 6.04. The summed E-state index contributed by atoms with van der Waals surface area (Å²) in [6, 6.07) is 17.0. The number of anilines is 1. The third-order valence-electron chi connectivity index (χ3n) is 6.67. The number of aromatic carboxylic acids is 1. The molecule has 0 bridgehead atoms. The third-order valence-corrected chi connectivity index (χ3v) is 6.67. The van der Waals surface area contributed by atoms with E-state index in [1.165, 1.54) is 30.2 Å². The first-order chi connectivity index (χ1) is 19.7.